The lowest BCUT2D eigenvalue weighted by Crippen LogP contribution is -2.12. The van der Waals surface area contributed by atoms with Crippen molar-refractivity contribution in [2.75, 3.05) is 12.4 Å². The summed E-state index contributed by atoms with van der Waals surface area (Å²) in [5.74, 6) is -0.0458. The number of carbonyl (C=O) groups excluding carboxylic acids is 1. The molecule has 20 heavy (non-hydrogen) atoms. The summed E-state index contributed by atoms with van der Waals surface area (Å²) >= 11 is 0. The first kappa shape index (κ1) is 13.7. The fraction of sp³-hybridized carbons (Fsp3) is 0.133. The van der Waals surface area contributed by atoms with Crippen molar-refractivity contribution in [1.29, 1.82) is 0 Å². The molecule has 5 heteroatoms. The molecule has 0 unspecified atom stereocenters. The molecule has 2 aromatic carbocycles. The molecule has 0 aliphatic carbocycles. The van der Waals surface area contributed by atoms with Crippen LogP contribution in [0.25, 0.3) is 0 Å². The molecule has 0 aromatic heterocycles. The molecule has 0 aliphatic rings. The van der Waals surface area contributed by atoms with Crippen molar-refractivity contribution in [3.05, 3.63) is 47.5 Å². The van der Waals surface area contributed by atoms with Gasteiger partial charge < -0.3 is 20.3 Å². The summed E-state index contributed by atoms with van der Waals surface area (Å²) in [6.45, 7) is 1.86. The fourth-order valence-corrected chi connectivity index (χ4v) is 1.86. The number of aryl methyl sites for hydroxylation is 1. The van der Waals surface area contributed by atoms with Crippen LogP contribution in [0, 0.1) is 6.92 Å². The number of phenols is 2. The Morgan fingerprint density at radius 2 is 1.90 bits per heavy atom. The highest BCUT2D eigenvalue weighted by atomic mass is 16.5. The van der Waals surface area contributed by atoms with Crippen molar-refractivity contribution in [2.24, 2.45) is 0 Å². The summed E-state index contributed by atoms with van der Waals surface area (Å²) in [6.07, 6.45) is 0. The van der Waals surface area contributed by atoms with Gasteiger partial charge in [-0.15, -0.1) is 0 Å². The number of amides is 1. The van der Waals surface area contributed by atoms with Crippen molar-refractivity contribution in [1.82, 2.24) is 0 Å². The van der Waals surface area contributed by atoms with Crippen molar-refractivity contribution in [3.63, 3.8) is 0 Å². The van der Waals surface area contributed by atoms with Crippen LogP contribution in [0.5, 0.6) is 17.2 Å². The molecule has 0 bridgehead atoms. The van der Waals surface area contributed by atoms with Crippen LogP contribution in [0.4, 0.5) is 5.69 Å². The first-order valence-electron chi connectivity index (χ1n) is 5.99. The molecule has 2 aromatic rings. The van der Waals surface area contributed by atoms with E-state index in [2.05, 4.69) is 5.32 Å². The number of hydrogen-bond acceptors (Lipinski definition) is 4. The SMILES string of the molecule is COc1ccc(NC(=O)c2cc(O)ccc2O)cc1C. The van der Waals surface area contributed by atoms with Crippen molar-refractivity contribution in [3.8, 4) is 17.2 Å². The fourth-order valence-electron chi connectivity index (χ4n) is 1.86. The molecule has 0 saturated heterocycles. The van der Waals surface area contributed by atoms with Crippen LogP contribution in [-0.2, 0) is 0 Å². The number of hydrogen-bond donors (Lipinski definition) is 3. The Hall–Kier alpha value is -2.69. The van der Waals surface area contributed by atoms with Crippen molar-refractivity contribution in [2.45, 2.75) is 6.92 Å². The zero-order valence-corrected chi connectivity index (χ0v) is 11.2. The monoisotopic (exact) mass is 273 g/mol. The Labute approximate surface area is 116 Å². The van der Waals surface area contributed by atoms with Crippen LogP contribution in [-0.4, -0.2) is 23.2 Å². The van der Waals surface area contributed by atoms with Gasteiger partial charge in [0.1, 0.15) is 17.2 Å². The van der Waals surface area contributed by atoms with E-state index in [-0.39, 0.29) is 17.1 Å². The predicted octanol–water partition coefficient (Wildman–Crippen LogP) is 2.67. The van der Waals surface area contributed by atoms with Gasteiger partial charge in [0.2, 0.25) is 0 Å². The van der Waals surface area contributed by atoms with Gasteiger partial charge in [-0.1, -0.05) is 0 Å². The lowest BCUT2D eigenvalue weighted by molar-refractivity contribution is 0.102. The highest BCUT2D eigenvalue weighted by Crippen LogP contribution is 2.25. The number of ether oxygens (including phenoxy) is 1. The Bertz CT molecular complexity index is 652. The minimum atomic E-state index is -0.497. The highest BCUT2D eigenvalue weighted by Gasteiger charge is 2.12. The maximum absolute atomic E-state index is 12.0. The second kappa shape index (κ2) is 5.52. The first-order chi connectivity index (χ1) is 9.51. The molecule has 0 saturated carbocycles. The largest absolute Gasteiger partial charge is 0.508 e. The lowest BCUT2D eigenvalue weighted by atomic mass is 10.1. The van der Waals surface area contributed by atoms with Gasteiger partial charge in [-0.2, -0.15) is 0 Å². The van der Waals surface area contributed by atoms with Gasteiger partial charge in [-0.25, -0.2) is 0 Å². The number of phenolic OH excluding ortho intramolecular Hbond substituents is 2. The minimum absolute atomic E-state index is 0.0125. The maximum Gasteiger partial charge on any atom is 0.259 e. The predicted molar refractivity (Wildman–Crippen MR) is 75.5 cm³/mol. The molecule has 5 nitrogen and oxygen atoms in total. The summed E-state index contributed by atoms with van der Waals surface area (Å²) in [5, 5.41) is 21.6. The van der Waals surface area contributed by atoms with Gasteiger partial charge in [-0.05, 0) is 48.9 Å². The number of rotatable bonds is 3. The van der Waals surface area contributed by atoms with Crippen LogP contribution < -0.4 is 10.1 Å². The van der Waals surface area contributed by atoms with Crippen LogP contribution in [0.2, 0.25) is 0 Å². The molecule has 0 fully saturated rings. The number of nitrogens with one attached hydrogen (secondary N) is 1. The van der Waals surface area contributed by atoms with Crippen LogP contribution in [0.3, 0.4) is 0 Å². The summed E-state index contributed by atoms with van der Waals surface area (Å²) in [5.41, 5.74) is 1.47. The molecular formula is C15H15NO4. The smallest absolute Gasteiger partial charge is 0.259 e. The average Bonchev–Trinajstić information content (AvgIpc) is 2.41. The van der Waals surface area contributed by atoms with Crippen LogP contribution in [0.1, 0.15) is 15.9 Å². The Kier molecular flexibility index (Phi) is 3.79. The summed E-state index contributed by atoms with van der Waals surface area (Å²) in [7, 11) is 1.57. The molecule has 0 spiro atoms. The van der Waals surface area contributed by atoms with Gasteiger partial charge in [0, 0.05) is 5.69 Å². The van der Waals surface area contributed by atoms with Gasteiger partial charge >= 0.3 is 0 Å². The van der Waals surface area contributed by atoms with Crippen LogP contribution in [0.15, 0.2) is 36.4 Å². The van der Waals surface area contributed by atoms with E-state index >= 15 is 0 Å². The van der Waals surface area contributed by atoms with E-state index in [1.807, 2.05) is 6.92 Å². The van der Waals surface area contributed by atoms with E-state index in [1.165, 1.54) is 18.2 Å². The first-order valence-corrected chi connectivity index (χ1v) is 5.99. The molecule has 0 aliphatic heterocycles. The zero-order chi connectivity index (χ0) is 14.7. The van der Waals surface area contributed by atoms with Gasteiger partial charge in [-0.3, -0.25) is 4.79 Å². The average molecular weight is 273 g/mol. The molecule has 2 rings (SSSR count). The molecule has 104 valence electrons. The second-order valence-corrected chi connectivity index (χ2v) is 4.34. The van der Waals surface area contributed by atoms with Crippen molar-refractivity contribution >= 4 is 11.6 Å². The highest BCUT2D eigenvalue weighted by molar-refractivity contribution is 6.06. The zero-order valence-electron chi connectivity index (χ0n) is 11.2. The molecule has 3 N–H and O–H groups in total. The van der Waals surface area contributed by atoms with Gasteiger partial charge in [0.05, 0.1) is 12.7 Å². The topological polar surface area (TPSA) is 78.8 Å². The number of methoxy groups -OCH3 is 1. The van der Waals surface area contributed by atoms with Gasteiger partial charge in [0.15, 0.2) is 0 Å². The third-order valence-electron chi connectivity index (χ3n) is 2.88. The molecule has 0 atom stereocenters. The van der Waals surface area contributed by atoms with E-state index in [1.54, 1.807) is 25.3 Å². The molecule has 1 amide bonds. The quantitative estimate of drug-likeness (QED) is 0.751. The summed E-state index contributed by atoms with van der Waals surface area (Å²) < 4.78 is 5.14. The third-order valence-corrected chi connectivity index (χ3v) is 2.88. The Morgan fingerprint density at radius 3 is 2.55 bits per heavy atom. The van der Waals surface area contributed by atoms with E-state index in [0.717, 1.165) is 11.3 Å². The van der Waals surface area contributed by atoms with E-state index in [0.29, 0.717) is 5.69 Å². The summed E-state index contributed by atoms with van der Waals surface area (Å²) in [4.78, 5) is 12.0. The third kappa shape index (κ3) is 2.83. The van der Waals surface area contributed by atoms with E-state index in [9.17, 15) is 15.0 Å². The second-order valence-electron chi connectivity index (χ2n) is 4.34. The molecule has 0 radical (unpaired) electrons. The lowest BCUT2D eigenvalue weighted by Gasteiger charge is -2.10. The Morgan fingerprint density at radius 1 is 1.15 bits per heavy atom. The van der Waals surface area contributed by atoms with E-state index < -0.39 is 5.91 Å². The molecular weight excluding hydrogens is 258 g/mol. The normalized spacial score (nSPS) is 10.1. The standard InChI is InChI=1S/C15H15NO4/c1-9-7-10(3-6-14(9)20-2)16-15(19)12-8-11(17)4-5-13(12)18/h3-8,17-18H,1-2H3,(H,16,19). The van der Waals surface area contributed by atoms with E-state index in [4.69, 9.17) is 4.74 Å². The maximum atomic E-state index is 12.0. The molecule has 0 heterocycles. The minimum Gasteiger partial charge on any atom is -0.508 e. The summed E-state index contributed by atoms with van der Waals surface area (Å²) in [6, 6.07) is 8.99. The number of benzene rings is 2. The number of carbonyl (C=O) groups is 1. The number of aromatic hydroxyl groups is 2. The van der Waals surface area contributed by atoms with Gasteiger partial charge in [0.25, 0.3) is 5.91 Å². The Balaban J connectivity index is 2.23. The van der Waals surface area contributed by atoms with Crippen LogP contribution >= 0.6 is 0 Å². The van der Waals surface area contributed by atoms with Crippen molar-refractivity contribution < 1.29 is 19.7 Å². The number of anilines is 1.